The van der Waals surface area contributed by atoms with E-state index in [-0.39, 0.29) is 11.4 Å². The van der Waals surface area contributed by atoms with E-state index in [4.69, 9.17) is 11.6 Å². The number of hydrogen-bond acceptors (Lipinski definition) is 2. The molecule has 0 spiro atoms. The van der Waals surface area contributed by atoms with Gasteiger partial charge in [0.25, 0.3) is 0 Å². The van der Waals surface area contributed by atoms with Gasteiger partial charge in [0.05, 0.1) is 5.56 Å². The molecule has 0 N–H and O–H groups in total. The van der Waals surface area contributed by atoms with Crippen LogP contribution in [0.4, 0.5) is 30.7 Å². The molecule has 1 rings (SSSR count). The summed E-state index contributed by atoms with van der Waals surface area (Å²) in [4.78, 5) is 11.4. The number of esters is 1. The number of hydrogen-bond donors (Lipinski definition) is 0. The van der Waals surface area contributed by atoms with Crippen LogP contribution in [0.15, 0.2) is 24.3 Å². The number of carbonyl (C=O) groups is 1. The summed E-state index contributed by atoms with van der Waals surface area (Å²) in [5.74, 6) is -13.4. The van der Waals surface area contributed by atoms with Crippen molar-refractivity contribution in [1.82, 2.24) is 0 Å². The van der Waals surface area contributed by atoms with Crippen LogP contribution in [0.2, 0.25) is 0 Å². The molecular formula is C12H8ClF7O2. The van der Waals surface area contributed by atoms with Crippen LogP contribution in [0.5, 0.6) is 0 Å². The number of ether oxygens (including phenoxy) is 1. The summed E-state index contributed by atoms with van der Waals surface area (Å²) in [5.41, 5.74) is 0.104. The topological polar surface area (TPSA) is 26.3 Å². The first-order valence-corrected chi connectivity index (χ1v) is 6.10. The van der Waals surface area contributed by atoms with E-state index in [0.717, 1.165) is 12.1 Å². The van der Waals surface area contributed by atoms with E-state index in [1.807, 2.05) is 0 Å². The highest BCUT2D eigenvalue weighted by atomic mass is 35.5. The highest BCUT2D eigenvalue weighted by molar-refractivity contribution is 6.17. The number of rotatable bonds is 5. The summed E-state index contributed by atoms with van der Waals surface area (Å²) >= 11 is 5.47. The zero-order valence-corrected chi connectivity index (χ0v) is 11.3. The molecule has 0 saturated carbocycles. The molecule has 22 heavy (non-hydrogen) atoms. The van der Waals surface area contributed by atoms with Gasteiger partial charge in [0.1, 0.15) is 0 Å². The van der Waals surface area contributed by atoms with E-state index < -0.39 is 30.6 Å². The Morgan fingerprint density at radius 1 is 1.09 bits per heavy atom. The summed E-state index contributed by atoms with van der Waals surface area (Å²) in [5, 5.41) is 0. The van der Waals surface area contributed by atoms with Crippen molar-refractivity contribution in [3.05, 3.63) is 35.4 Å². The molecular weight excluding hydrogens is 345 g/mol. The van der Waals surface area contributed by atoms with Crippen LogP contribution < -0.4 is 0 Å². The largest absolute Gasteiger partial charge is 0.460 e. The third kappa shape index (κ3) is 3.82. The van der Waals surface area contributed by atoms with Crippen LogP contribution in [-0.4, -0.2) is 30.6 Å². The summed E-state index contributed by atoms with van der Waals surface area (Å²) in [6, 6.07) is 5.04. The number of carbonyl (C=O) groups excluding carboxylic acids is 1. The van der Waals surface area contributed by atoms with E-state index in [0.29, 0.717) is 5.56 Å². The molecule has 0 aliphatic carbocycles. The van der Waals surface area contributed by atoms with Gasteiger partial charge in [0, 0.05) is 5.88 Å². The standard InChI is InChI=1S/C12H8ClF7O2/c13-5-7-2-1-3-8(4-7)9(21)22-6-10(14,15)11(16,17)12(18,19)20/h1-4H,5-6H2. The van der Waals surface area contributed by atoms with Crippen molar-refractivity contribution >= 4 is 17.6 Å². The van der Waals surface area contributed by atoms with Crippen molar-refractivity contribution < 1.29 is 40.3 Å². The Balaban J connectivity index is 2.82. The minimum atomic E-state index is -6.47. The Kier molecular flexibility index (Phi) is 5.32. The second-order valence-corrected chi connectivity index (χ2v) is 4.45. The summed E-state index contributed by atoms with van der Waals surface area (Å²) in [6.45, 7) is -2.41. The van der Waals surface area contributed by atoms with Gasteiger partial charge in [-0.05, 0) is 17.7 Å². The lowest BCUT2D eigenvalue weighted by Gasteiger charge is -2.27. The predicted molar refractivity (Wildman–Crippen MR) is 62.2 cm³/mol. The first kappa shape index (κ1) is 18.5. The maximum absolute atomic E-state index is 13.0. The van der Waals surface area contributed by atoms with Crippen molar-refractivity contribution in [3.8, 4) is 0 Å². The molecule has 0 bridgehead atoms. The van der Waals surface area contributed by atoms with Crippen LogP contribution in [0, 0.1) is 0 Å². The second kappa shape index (κ2) is 6.31. The lowest BCUT2D eigenvalue weighted by molar-refractivity contribution is -0.359. The number of alkyl halides is 8. The lowest BCUT2D eigenvalue weighted by Crippen LogP contribution is -2.54. The van der Waals surface area contributed by atoms with Crippen molar-refractivity contribution in [1.29, 1.82) is 0 Å². The SMILES string of the molecule is O=C(OCC(F)(F)C(F)(F)C(F)(F)F)c1cccc(CCl)c1. The first-order valence-electron chi connectivity index (χ1n) is 5.57. The normalized spacial score (nSPS) is 13.1. The third-order valence-electron chi connectivity index (χ3n) is 2.52. The molecule has 1 aromatic rings. The van der Waals surface area contributed by atoms with E-state index in [1.54, 1.807) is 0 Å². The van der Waals surface area contributed by atoms with Crippen molar-refractivity contribution in [2.24, 2.45) is 0 Å². The molecule has 0 amide bonds. The zero-order chi connectivity index (χ0) is 17.2. The van der Waals surface area contributed by atoms with Gasteiger partial charge in [-0.15, -0.1) is 11.6 Å². The van der Waals surface area contributed by atoms with Gasteiger partial charge in [-0.2, -0.15) is 30.7 Å². The molecule has 0 saturated heterocycles. The van der Waals surface area contributed by atoms with Gasteiger partial charge in [-0.25, -0.2) is 4.79 Å². The van der Waals surface area contributed by atoms with Crippen molar-refractivity contribution in [3.63, 3.8) is 0 Å². The Morgan fingerprint density at radius 3 is 2.18 bits per heavy atom. The van der Waals surface area contributed by atoms with E-state index >= 15 is 0 Å². The average Bonchev–Trinajstić information content (AvgIpc) is 2.43. The Hall–Kier alpha value is -1.51. The molecule has 0 fully saturated rings. The Morgan fingerprint density at radius 2 is 1.68 bits per heavy atom. The van der Waals surface area contributed by atoms with Crippen molar-refractivity contribution in [2.75, 3.05) is 6.61 Å². The highest BCUT2D eigenvalue weighted by Gasteiger charge is 2.73. The van der Waals surface area contributed by atoms with Crippen LogP contribution in [-0.2, 0) is 10.6 Å². The smallest absolute Gasteiger partial charge is 0.455 e. The van der Waals surface area contributed by atoms with Gasteiger partial charge in [0.2, 0.25) is 0 Å². The molecule has 0 radical (unpaired) electrons. The minimum Gasteiger partial charge on any atom is -0.455 e. The molecule has 0 unspecified atom stereocenters. The quantitative estimate of drug-likeness (QED) is 0.445. The number of halogens is 8. The zero-order valence-electron chi connectivity index (χ0n) is 10.6. The van der Waals surface area contributed by atoms with Gasteiger partial charge in [-0.1, -0.05) is 12.1 Å². The molecule has 10 heteroatoms. The molecule has 1 aromatic carbocycles. The highest BCUT2D eigenvalue weighted by Crippen LogP contribution is 2.46. The summed E-state index contributed by atoms with van der Waals surface area (Å²) in [7, 11) is 0. The molecule has 0 atom stereocenters. The Bertz CT molecular complexity index is 543. The Labute approximate surface area is 124 Å². The molecule has 124 valence electrons. The van der Waals surface area contributed by atoms with Crippen LogP contribution in [0.3, 0.4) is 0 Å². The third-order valence-corrected chi connectivity index (χ3v) is 2.83. The fourth-order valence-corrected chi connectivity index (χ4v) is 1.49. The molecule has 0 heterocycles. The molecule has 0 aliphatic heterocycles. The number of benzene rings is 1. The molecule has 0 aromatic heterocycles. The predicted octanol–water partition coefficient (Wildman–Crippen LogP) is 4.42. The van der Waals surface area contributed by atoms with Crippen LogP contribution in [0.1, 0.15) is 15.9 Å². The second-order valence-electron chi connectivity index (χ2n) is 4.19. The average molecular weight is 353 g/mol. The van der Waals surface area contributed by atoms with Gasteiger partial charge < -0.3 is 4.74 Å². The van der Waals surface area contributed by atoms with E-state index in [9.17, 15) is 35.5 Å². The monoisotopic (exact) mass is 352 g/mol. The van der Waals surface area contributed by atoms with Crippen LogP contribution in [0.25, 0.3) is 0 Å². The van der Waals surface area contributed by atoms with E-state index in [1.165, 1.54) is 12.1 Å². The molecule has 0 aliphatic rings. The minimum absolute atomic E-state index is 0.0244. The summed E-state index contributed by atoms with van der Waals surface area (Å²) in [6.07, 6.45) is -6.47. The van der Waals surface area contributed by atoms with Gasteiger partial charge in [-0.3, -0.25) is 0 Å². The summed E-state index contributed by atoms with van der Waals surface area (Å²) < 4.78 is 90.6. The van der Waals surface area contributed by atoms with Crippen molar-refractivity contribution in [2.45, 2.75) is 23.9 Å². The lowest BCUT2D eigenvalue weighted by atomic mass is 10.1. The first-order chi connectivity index (χ1) is 9.92. The maximum atomic E-state index is 13.0. The molecule has 2 nitrogen and oxygen atoms in total. The van der Waals surface area contributed by atoms with Gasteiger partial charge >= 0.3 is 24.0 Å². The fourth-order valence-electron chi connectivity index (χ4n) is 1.32. The van der Waals surface area contributed by atoms with Gasteiger partial charge in [0.15, 0.2) is 6.61 Å². The van der Waals surface area contributed by atoms with E-state index in [2.05, 4.69) is 4.74 Å². The maximum Gasteiger partial charge on any atom is 0.460 e. The van der Waals surface area contributed by atoms with Crippen LogP contribution >= 0.6 is 11.6 Å². The fraction of sp³-hybridized carbons (Fsp3) is 0.417.